The summed E-state index contributed by atoms with van der Waals surface area (Å²) in [6.45, 7) is 4.78. The van der Waals surface area contributed by atoms with Gasteiger partial charge in [-0.1, -0.05) is 18.2 Å². The van der Waals surface area contributed by atoms with E-state index in [1.54, 1.807) is 0 Å². The van der Waals surface area contributed by atoms with Gasteiger partial charge in [0.2, 0.25) is 0 Å². The summed E-state index contributed by atoms with van der Waals surface area (Å²) in [7, 11) is 0. The zero-order valence-electron chi connectivity index (χ0n) is 13.8. The van der Waals surface area contributed by atoms with E-state index >= 15 is 0 Å². The first kappa shape index (κ1) is 20.0. The summed E-state index contributed by atoms with van der Waals surface area (Å²) in [4.78, 5) is 4.47. The van der Waals surface area contributed by atoms with E-state index in [2.05, 4.69) is 15.6 Å². The topological polar surface area (TPSA) is 65.9 Å². The Bertz CT molecular complexity index is 464. The molecule has 23 heavy (non-hydrogen) atoms. The molecule has 0 bridgehead atoms. The van der Waals surface area contributed by atoms with Crippen molar-refractivity contribution in [2.24, 2.45) is 4.99 Å². The Morgan fingerprint density at radius 2 is 2.00 bits per heavy atom. The van der Waals surface area contributed by atoms with Crippen LogP contribution in [0.15, 0.2) is 35.3 Å². The quantitative estimate of drug-likeness (QED) is 0.255. The molecule has 1 saturated carbocycles. The minimum Gasteiger partial charge on any atom is -0.494 e. The van der Waals surface area contributed by atoms with Gasteiger partial charge in [0.25, 0.3) is 0 Å². The van der Waals surface area contributed by atoms with Gasteiger partial charge in [0, 0.05) is 13.1 Å². The van der Waals surface area contributed by atoms with Gasteiger partial charge in [-0.15, -0.1) is 24.0 Å². The fourth-order valence-electron chi connectivity index (χ4n) is 2.30. The minimum atomic E-state index is -0.571. The van der Waals surface area contributed by atoms with Crippen molar-refractivity contribution in [3.63, 3.8) is 0 Å². The number of ether oxygens (including phenoxy) is 1. The molecule has 2 rings (SSSR count). The molecule has 1 fully saturated rings. The van der Waals surface area contributed by atoms with Crippen molar-refractivity contribution < 1.29 is 9.84 Å². The van der Waals surface area contributed by atoms with Crippen LogP contribution >= 0.6 is 24.0 Å². The average Bonchev–Trinajstić information content (AvgIpc) is 2.51. The molecule has 0 unspecified atom stereocenters. The van der Waals surface area contributed by atoms with Crippen molar-refractivity contribution in [3.8, 4) is 5.75 Å². The third-order valence-electron chi connectivity index (χ3n) is 3.79. The maximum absolute atomic E-state index is 10.1. The van der Waals surface area contributed by atoms with Crippen LogP contribution in [0.4, 0.5) is 0 Å². The van der Waals surface area contributed by atoms with Gasteiger partial charge < -0.3 is 20.5 Å². The molecule has 1 aromatic rings. The van der Waals surface area contributed by atoms with E-state index in [0.29, 0.717) is 13.2 Å². The molecule has 1 aromatic carbocycles. The summed E-state index contributed by atoms with van der Waals surface area (Å²) in [6.07, 6.45) is 3.72. The highest BCUT2D eigenvalue weighted by Gasteiger charge is 2.34. The first-order valence-corrected chi connectivity index (χ1v) is 8.14. The molecular formula is C17H28IN3O2. The van der Waals surface area contributed by atoms with E-state index in [9.17, 15) is 5.11 Å². The standard InChI is InChI=1S/C17H27N3O2.HI/c1-2-18-16(20-14-17(21)10-6-11-17)19-12-7-13-22-15-8-4-3-5-9-15;/h3-5,8-9,21H,2,6-7,10-14H2,1H3,(H2,18,19,20);1H. The fourth-order valence-corrected chi connectivity index (χ4v) is 2.30. The Morgan fingerprint density at radius 3 is 2.61 bits per heavy atom. The minimum absolute atomic E-state index is 0. The number of hydrogen-bond donors (Lipinski definition) is 3. The summed E-state index contributed by atoms with van der Waals surface area (Å²) < 4.78 is 5.65. The van der Waals surface area contributed by atoms with E-state index in [0.717, 1.165) is 50.5 Å². The summed E-state index contributed by atoms with van der Waals surface area (Å²) in [6, 6.07) is 9.82. The summed E-state index contributed by atoms with van der Waals surface area (Å²) >= 11 is 0. The van der Waals surface area contributed by atoms with E-state index in [1.807, 2.05) is 37.3 Å². The van der Waals surface area contributed by atoms with Crippen LogP contribution in [0.5, 0.6) is 5.75 Å². The molecule has 1 aliphatic rings. The number of aliphatic hydroxyl groups is 1. The van der Waals surface area contributed by atoms with Crippen LogP contribution in [0.2, 0.25) is 0 Å². The molecule has 0 atom stereocenters. The number of rotatable bonds is 8. The molecule has 0 aromatic heterocycles. The molecule has 0 spiro atoms. The van der Waals surface area contributed by atoms with Crippen molar-refractivity contribution in [2.75, 3.05) is 26.2 Å². The highest BCUT2D eigenvalue weighted by Crippen LogP contribution is 2.31. The Labute approximate surface area is 155 Å². The summed E-state index contributed by atoms with van der Waals surface area (Å²) in [5.74, 6) is 1.66. The predicted octanol–water partition coefficient (Wildman–Crippen LogP) is 2.54. The van der Waals surface area contributed by atoms with Gasteiger partial charge in [0.1, 0.15) is 5.75 Å². The van der Waals surface area contributed by atoms with Gasteiger partial charge in [-0.2, -0.15) is 0 Å². The highest BCUT2D eigenvalue weighted by atomic mass is 127. The number of aliphatic imine (C=N–C) groups is 1. The molecule has 130 valence electrons. The zero-order valence-corrected chi connectivity index (χ0v) is 16.1. The molecule has 5 nitrogen and oxygen atoms in total. The monoisotopic (exact) mass is 433 g/mol. The molecule has 1 aliphatic carbocycles. The third kappa shape index (κ3) is 7.39. The maximum Gasteiger partial charge on any atom is 0.191 e. The second-order valence-corrected chi connectivity index (χ2v) is 5.71. The normalized spacial score (nSPS) is 16.0. The second kappa shape index (κ2) is 10.7. The van der Waals surface area contributed by atoms with Gasteiger partial charge in [0.05, 0.1) is 18.8 Å². The van der Waals surface area contributed by atoms with Gasteiger partial charge in [-0.25, -0.2) is 0 Å². The highest BCUT2D eigenvalue weighted by molar-refractivity contribution is 14.0. The molecule has 0 radical (unpaired) electrons. The number of nitrogens with one attached hydrogen (secondary N) is 2. The molecule has 0 saturated heterocycles. The number of halogens is 1. The van der Waals surface area contributed by atoms with Crippen LogP contribution in [-0.2, 0) is 0 Å². The van der Waals surface area contributed by atoms with E-state index in [-0.39, 0.29) is 24.0 Å². The molecule has 3 N–H and O–H groups in total. The van der Waals surface area contributed by atoms with Gasteiger partial charge in [0.15, 0.2) is 5.96 Å². The molecular weight excluding hydrogens is 405 g/mol. The third-order valence-corrected chi connectivity index (χ3v) is 3.79. The van der Waals surface area contributed by atoms with Crippen molar-refractivity contribution in [1.29, 1.82) is 0 Å². The van der Waals surface area contributed by atoms with Crippen molar-refractivity contribution in [3.05, 3.63) is 30.3 Å². The molecule has 0 heterocycles. The number of nitrogens with zero attached hydrogens (tertiary/aromatic N) is 1. The first-order chi connectivity index (χ1) is 10.7. The lowest BCUT2D eigenvalue weighted by Crippen LogP contribution is -2.43. The lowest BCUT2D eigenvalue weighted by atomic mass is 9.80. The van der Waals surface area contributed by atoms with Crippen LogP contribution in [0.1, 0.15) is 32.6 Å². The lowest BCUT2D eigenvalue weighted by Gasteiger charge is -2.35. The van der Waals surface area contributed by atoms with Gasteiger partial charge in [-0.3, -0.25) is 4.99 Å². The number of guanidine groups is 1. The van der Waals surface area contributed by atoms with Crippen LogP contribution < -0.4 is 15.4 Å². The summed E-state index contributed by atoms with van der Waals surface area (Å²) in [5.41, 5.74) is -0.571. The zero-order chi connectivity index (χ0) is 15.7. The average molecular weight is 433 g/mol. The van der Waals surface area contributed by atoms with Crippen molar-refractivity contribution >= 4 is 29.9 Å². The Morgan fingerprint density at radius 1 is 1.26 bits per heavy atom. The predicted molar refractivity (Wildman–Crippen MR) is 105 cm³/mol. The lowest BCUT2D eigenvalue weighted by molar-refractivity contribution is -0.0236. The molecule has 0 amide bonds. The molecule has 6 heteroatoms. The van der Waals surface area contributed by atoms with E-state index < -0.39 is 5.60 Å². The number of para-hydroxylation sites is 1. The van der Waals surface area contributed by atoms with Crippen LogP contribution in [-0.4, -0.2) is 42.9 Å². The number of hydrogen-bond acceptors (Lipinski definition) is 3. The van der Waals surface area contributed by atoms with Gasteiger partial charge >= 0.3 is 0 Å². The Kier molecular flexibility index (Phi) is 9.31. The summed E-state index contributed by atoms with van der Waals surface area (Å²) in [5, 5.41) is 16.6. The fraction of sp³-hybridized carbons (Fsp3) is 0.588. The second-order valence-electron chi connectivity index (χ2n) is 5.71. The Balaban J connectivity index is 0.00000264. The van der Waals surface area contributed by atoms with Crippen LogP contribution in [0, 0.1) is 0 Å². The smallest absolute Gasteiger partial charge is 0.191 e. The number of benzene rings is 1. The SMILES string of the molecule is CCNC(=NCC1(O)CCC1)NCCCOc1ccccc1.I. The van der Waals surface area contributed by atoms with E-state index in [4.69, 9.17) is 4.74 Å². The first-order valence-electron chi connectivity index (χ1n) is 8.14. The molecule has 0 aliphatic heterocycles. The van der Waals surface area contributed by atoms with Crippen LogP contribution in [0.25, 0.3) is 0 Å². The van der Waals surface area contributed by atoms with Crippen LogP contribution in [0.3, 0.4) is 0 Å². The van der Waals surface area contributed by atoms with Crippen molar-refractivity contribution in [1.82, 2.24) is 10.6 Å². The maximum atomic E-state index is 10.1. The van der Waals surface area contributed by atoms with E-state index in [1.165, 1.54) is 0 Å². The van der Waals surface area contributed by atoms with Crippen molar-refractivity contribution in [2.45, 2.75) is 38.2 Å². The van der Waals surface area contributed by atoms with Gasteiger partial charge in [-0.05, 0) is 44.7 Å². The Hall–Kier alpha value is -1.02. The largest absolute Gasteiger partial charge is 0.494 e.